The first-order chi connectivity index (χ1) is 15.5. The quantitative estimate of drug-likeness (QED) is 0.349. The molecule has 0 unspecified atom stereocenters. The summed E-state index contributed by atoms with van der Waals surface area (Å²) in [5, 5.41) is 17.4. The summed E-state index contributed by atoms with van der Waals surface area (Å²) in [6.45, 7) is 0.175. The summed E-state index contributed by atoms with van der Waals surface area (Å²) in [5.74, 6) is 0.338. The first-order valence-electron chi connectivity index (χ1n) is 9.38. The fourth-order valence-corrected chi connectivity index (χ4v) is 2.89. The van der Waals surface area contributed by atoms with Gasteiger partial charge in [-0.15, -0.1) is 0 Å². The third-order valence-electron chi connectivity index (χ3n) is 4.50. The van der Waals surface area contributed by atoms with Crippen LogP contribution in [0.1, 0.15) is 26.3 Å². The normalized spacial score (nSPS) is 11.9. The summed E-state index contributed by atoms with van der Waals surface area (Å²) in [6, 6.07) is 16.8. The summed E-state index contributed by atoms with van der Waals surface area (Å²) in [6.07, 6.45) is 1.48. The van der Waals surface area contributed by atoms with Gasteiger partial charge in [-0.25, -0.2) is 5.43 Å². The molecule has 1 heterocycles. The van der Waals surface area contributed by atoms with E-state index in [1.54, 1.807) is 30.3 Å². The minimum atomic E-state index is -0.570. The van der Waals surface area contributed by atoms with E-state index in [1.165, 1.54) is 42.6 Å². The van der Waals surface area contributed by atoms with Gasteiger partial charge in [0.25, 0.3) is 17.5 Å². The first kappa shape index (κ1) is 20.5. The molecule has 10 nitrogen and oxygen atoms in total. The zero-order valence-corrected chi connectivity index (χ0v) is 16.5. The van der Waals surface area contributed by atoms with Crippen molar-refractivity contribution in [3.05, 3.63) is 93.5 Å². The second kappa shape index (κ2) is 8.96. The molecule has 32 heavy (non-hydrogen) atoms. The molecule has 0 saturated heterocycles. The number of fused-ring (bicyclic) bond motifs is 1. The van der Waals surface area contributed by atoms with Crippen molar-refractivity contribution in [2.45, 2.75) is 0 Å². The largest absolute Gasteiger partial charge is 0.454 e. The van der Waals surface area contributed by atoms with Crippen LogP contribution >= 0.6 is 0 Å². The number of rotatable bonds is 6. The van der Waals surface area contributed by atoms with Gasteiger partial charge in [-0.3, -0.25) is 19.7 Å². The Balaban J connectivity index is 1.34. The number of benzene rings is 3. The lowest BCUT2D eigenvalue weighted by atomic mass is 10.1. The Morgan fingerprint density at radius 2 is 1.72 bits per heavy atom. The number of carbonyl (C=O) groups excluding carboxylic acids is 2. The molecule has 0 aliphatic carbocycles. The summed E-state index contributed by atoms with van der Waals surface area (Å²) < 4.78 is 10.5. The number of anilines is 1. The zero-order chi connectivity index (χ0) is 22.5. The maximum absolute atomic E-state index is 12.3. The summed E-state index contributed by atoms with van der Waals surface area (Å²) in [4.78, 5) is 34.8. The fraction of sp³-hybridized carbons (Fsp3) is 0.0455. The molecule has 0 radical (unpaired) electrons. The molecule has 1 aliphatic heterocycles. The second-order valence-electron chi connectivity index (χ2n) is 6.65. The first-order valence-corrected chi connectivity index (χ1v) is 9.38. The van der Waals surface area contributed by atoms with E-state index in [9.17, 15) is 19.7 Å². The summed E-state index contributed by atoms with van der Waals surface area (Å²) in [5.41, 5.74) is 3.90. The molecular weight excluding hydrogens is 416 g/mol. The van der Waals surface area contributed by atoms with Crippen molar-refractivity contribution >= 4 is 29.4 Å². The molecule has 0 spiro atoms. The zero-order valence-electron chi connectivity index (χ0n) is 16.5. The molecule has 0 bridgehead atoms. The average molecular weight is 432 g/mol. The van der Waals surface area contributed by atoms with Crippen LogP contribution in [0.25, 0.3) is 0 Å². The third kappa shape index (κ3) is 4.70. The Hall–Kier alpha value is -4.73. The van der Waals surface area contributed by atoms with Crippen LogP contribution < -0.4 is 20.2 Å². The second-order valence-corrected chi connectivity index (χ2v) is 6.65. The van der Waals surface area contributed by atoms with Crippen molar-refractivity contribution in [1.82, 2.24) is 5.43 Å². The Morgan fingerprint density at radius 1 is 0.938 bits per heavy atom. The summed E-state index contributed by atoms with van der Waals surface area (Å²) in [7, 11) is 0. The number of nitro benzene ring substituents is 1. The van der Waals surface area contributed by atoms with Crippen molar-refractivity contribution in [2.24, 2.45) is 5.10 Å². The topological polar surface area (TPSA) is 132 Å². The number of carbonyl (C=O) groups is 2. The van der Waals surface area contributed by atoms with Crippen LogP contribution in [-0.2, 0) is 0 Å². The fourth-order valence-electron chi connectivity index (χ4n) is 2.89. The van der Waals surface area contributed by atoms with Gasteiger partial charge in [-0.1, -0.05) is 6.07 Å². The van der Waals surface area contributed by atoms with Crippen LogP contribution in [-0.4, -0.2) is 29.7 Å². The van der Waals surface area contributed by atoms with Gasteiger partial charge in [0, 0.05) is 28.9 Å². The maximum atomic E-state index is 12.3. The molecule has 0 fully saturated rings. The predicted molar refractivity (Wildman–Crippen MR) is 115 cm³/mol. The van der Waals surface area contributed by atoms with E-state index >= 15 is 0 Å². The molecule has 160 valence electrons. The van der Waals surface area contributed by atoms with Gasteiger partial charge in [0.2, 0.25) is 6.79 Å². The lowest BCUT2D eigenvalue weighted by Crippen LogP contribution is -2.18. The molecule has 2 N–H and O–H groups in total. The number of amides is 2. The van der Waals surface area contributed by atoms with E-state index in [0.29, 0.717) is 22.7 Å². The molecule has 10 heteroatoms. The Labute approximate surface area is 181 Å². The monoisotopic (exact) mass is 432 g/mol. The average Bonchev–Trinajstić information content (AvgIpc) is 3.27. The van der Waals surface area contributed by atoms with E-state index in [2.05, 4.69) is 15.8 Å². The number of hydrogen-bond donors (Lipinski definition) is 2. The molecule has 4 rings (SSSR count). The lowest BCUT2D eigenvalue weighted by Gasteiger charge is -2.06. The highest BCUT2D eigenvalue weighted by molar-refractivity contribution is 6.05. The minimum absolute atomic E-state index is 0.152. The van der Waals surface area contributed by atoms with Crippen molar-refractivity contribution in [1.29, 1.82) is 0 Å². The van der Waals surface area contributed by atoms with E-state index in [0.717, 1.165) is 5.56 Å². The van der Waals surface area contributed by atoms with Crippen molar-refractivity contribution in [3.63, 3.8) is 0 Å². The Bertz CT molecular complexity index is 1220. The number of nitrogens with one attached hydrogen (secondary N) is 2. The Morgan fingerprint density at radius 3 is 2.50 bits per heavy atom. The number of hydrazone groups is 1. The molecule has 3 aromatic rings. The van der Waals surface area contributed by atoms with Crippen LogP contribution in [0.4, 0.5) is 11.4 Å². The van der Waals surface area contributed by atoms with E-state index in [1.807, 2.05) is 0 Å². The third-order valence-corrected chi connectivity index (χ3v) is 4.50. The van der Waals surface area contributed by atoms with Gasteiger partial charge in [0.1, 0.15) is 0 Å². The predicted octanol–water partition coefficient (Wildman–Crippen LogP) is 3.34. The summed E-state index contributed by atoms with van der Waals surface area (Å²) >= 11 is 0. The minimum Gasteiger partial charge on any atom is -0.454 e. The smallest absolute Gasteiger partial charge is 0.271 e. The van der Waals surface area contributed by atoms with Gasteiger partial charge in [0.05, 0.1) is 11.1 Å². The molecule has 3 aromatic carbocycles. The molecule has 0 aromatic heterocycles. The highest BCUT2D eigenvalue weighted by Crippen LogP contribution is 2.31. The Kier molecular flexibility index (Phi) is 5.75. The number of ether oxygens (including phenoxy) is 2. The molecule has 0 saturated carbocycles. The highest BCUT2D eigenvalue weighted by atomic mass is 16.7. The van der Waals surface area contributed by atoms with Gasteiger partial charge >= 0.3 is 0 Å². The maximum Gasteiger partial charge on any atom is 0.271 e. The SMILES string of the molecule is O=C(N/N=C\c1ccc2c(c1)OCO2)c1ccc(NC(=O)c2cccc([N+](=O)[O-])c2)cc1. The number of non-ortho nitro benzene ring substituents is 1. The van der Waals surface area contributed by atoms with Crippen molar-refractivity contribution in [3.8, 4) is 11.5 Å². The van der Waals surface area contributed by atoms with Crippen LogP contribution in [0.2, 0.25) is 0 Å². The number of nitro groups is 1. The van der Waals surface area contributed by atoms with Gasteiger partial charge in [-0.2, -0.15) is 5.10 Å². The standard InChI is InChI=1S/C22H16N4O6/c27-21(16-2-1-3-18(11-16)26(29)30)24-17-7-5-15(6-8-17)22(28)25-23-12-14-4-9-19-20(10-14)32-13-31-19/h1-12H,13H2,(H,24,27)(H,25,28)/b23-12-. The molecule has 1 aliphatic rings. The van der Waals surface area contributed by atoms with Crippen LogP contribution in [0.3, 0.4) is 0 Å². The molecule has 0 atom stereocenters. The van der Waals surface area contributed by atoms with E-state index < -0.39 is 16.7 Å². The van der Waals surface area contributed by atoms with Crippen LogP contribution in [0.15, 0.2) is 71.8 Å². The molecule has 2 amide bonds. The number of hydrogen-bond acceptors (Lipinski definition) is 7. The van der Waals surface area contributed by atoms with Gasteiger partial charge < -0.3 is 14.8 Å². The number of nitrogens with zero attached hydrogens (tertiary/aromatic N) is 2. The molecular formula is C22H16N4O6. The lowest BCUT2D eigenvalue weighted by molar-refractivity contribution is -0.384. The van der Waals surface area contributed by atoms with Gasteiger partial charge in [-0.05, 0) is 54.1 Å². The van der Waals surface area contributed by atoms with Crippen molar-refractivity contribution < 1.29 is 24.0 Å². The van der Waals surface area contributed by atoms with E-state index in [-0.39, 0.29) is 18.0 Å². The highest BCUT2D eigenvalue weighted by Gasteiger charge is 2.13. The van der Waals surface area contributed by atoms with Crippen LogP contribution in [0, 0.1) is 10.1 Å². The van der Waals surface area contributed by atoms with Crippen LogP contribution in [0.5, 0.6) is 11.5 Å². The van der Waals surface area contributed by atoms with Gasteiger partial charge in [0.15, 0.2) is 11.5 Å². The van der Waals surface area contributed by atoms with E-state index in [4.69, 9.17) is 9.47 Å². The van der Waals surface area contributed by atoms with Crippen molar-refractivity contribution in [2.75, 3.05) is 12.1 Å².